The molecule has 69 heavy (non-hydrogen) atoms. The van der Waals surface area contributed by atoms with Crippen molar-refractivity contribution in [1.29, 1.82) is 0 Å². The molecule has 12 rings (SSSR count). The second kappa shape index (κ2) is 16.5. The van der Waals surface area contributed by atoms with Crippen LogP contribution in [0.3, 0.4) is 0 Å². The standard InChI is InChI=1S/C67H54N2/c1-43-23-30-53(31-24-43)68(63-37-45(3)21-27-47(63)5)55-34-29-49-40-61-62(41-50(49)39-55)67(51-15-9-7-10-16-51,52-17-11-8-12-18-52)66-59-36-35-56(42-60(59)57-19-13-14-20-58(57)65(61)66)69(54-32-25-44(2)26-33-54)64-38-46(4)22-28-48(64)6/h7-42H,1-6H3. The Labute approximate surface area is 406 Å². The Balaban J connectivity index is 1.17. The van der Waals surface area contributed by atoms with E-state index >= 15 is 0 Å². The SMILES string of the molecule is Cc1ccc(N(c2ccc3cc4c(cc3c2)C(c2ccccc2)(c2ccccc2)c2c-4c3ccccc3c3cc(N(c4ccc(C)cc4)c4cc(C)ccc4C)ccc23)c2cc(C)ccc2C)cc1. The average molecular weight is 887 g/mol. The van der Waals surface area contributed by atoms with Gasteiger partial charge in [0.1, 0.15) is 0 Å². The van der Waals surface area contributed by atoms with Gasteiger partial charge < -0.3 is 9.80 Å². The van der Waals surface area contributed by atoms with Crippen molar-refractivity contribution in [1.82, 2.24) is 0 Å². The molecule has 0 aliphatic heterocycles. The second-order valence-corrected chi connectivity index (χ2v) is 19.4. The molecule has 0 atom stereocenters. The van der Waals surface area contributed by atoms with Crippen LogP contribution in [0.2, 0.25) is 0 Å². The van der Waals surface area contributed by atoms with Crippen LogP contribution in [-0.4, -0.2) is 0 Å². The normalized spacial score (nSPS) is 12.6. The molecule has 2 heteroatoms. The van der Waals surface area contributed by atoms with E-state index < -0.39 is 5.41 Å². The van der Waals surface area contributed by atoms with Crippen LogP contribution in [0.5, 0.6) is 0 Å². The van der Waals surface area contributed by atoms with Crippen molar-refractivity contribution < 1.29 is 0 Å². The van der Waals surface area contributed by atoms with Crippen molar-refractivity contribution in [2.75, 3.05) is 9.80 Å². The van der Waals surface area contributed by atoms with Gasteiger partial charge in [-0.2, -0.15) is 0 Å². The van der Waals surface area contributed by atoms with Crippen molar-refractivity contribution in [3.05, 3.63) is 274 Å². The highest BCUT2D eigenvalue weighted by atomic mass is 15.1. The summed E-state index contributed by atoms with van der Waals surface area (Å²) < 4.78 is 0. The summed E-state index contributed by atoms with van der Waals surface area (Å²) >= 11 is 0. The molecule has 0 bridgehead atoms. The van der Waals surface area contributed by atoms with Crippen LogP contribution < -0.4 is 9.80 Å². The summed E-state index contributed by atoms with van der Waals surface area (Å²) in [5.41, 5.74) is 21.4. The lowest BCUT2D eigenvalue weighted by atomic mass is 9.66. The zero-order valence-electron chi connectivity index (χ0n) is 40.2. The summed E-state index contributed by atoms with van der Waals surface area (Å²) in [6.07, 6.45) is 0. The Morgan fingerprint density at radius 1 is 0.319 bits per heavy atom. The van der Waals surface area contributed by atoms with Gasteiger partial charge in [-0.05, 0) is 202 Å². The van der Waals surface area contributed by atoms with Crippen molar-refractivity contribution in [2.45, 2.75) is 47.0 Å². The third-order valence-electron chi connectivity index (χ3n) is 14.7. The molecule has 0 N–H and O–H groups in total. The maximum absolute atomic E-state index is 2.53. The van der Waals surface area contributed by atoms with Crippen LogP contribution in [-0.2, 0) is 5.41 Å². The number of benzene rings is 11. The first-order valence-electron chi connectivity index (χ1n) is 24.2. The molecular weight excluding hydrogens is 833 g/mol. The Morgan fingerprint density at radius 2 is 0.797 bits per heavy atom. The van der Waals surface area contributed by atoms with E-state index in [9.17, 15) is 0 Å². The summed E-state index contributed by atoms with van der Waals surface area (Å²) in [4.78, 5) is 4.88. The van der Waals surface area contributed by atoms with Gasteiger partial charge in [-0.1, -0.05) is 157 Å². The van der Waals surface area contributed by atoms with E-state index in [1.54, 1.807) is 0 Å². The van der Waals surface area contributed by atoms with E-state index in [4.69, 9.17) is 0 Å². The van der Waals surface area contributed by atoms with Gasteiger partial charge in [0.2, 0.25) is 0 Å². The first-order chi connectivity index (χ1) is 33.7. The van der Waals surface area contributed by atoms with Gasteiger partial charge in [-0.3, -0.25) is 0 Å². The van der Waals surface area contributed by atoms with Crippen LogP contribution in [0.25, 0.3) is 43.4 Å². The van der Waals surface area contributed by atoms with Gasteiger partial charge in [0, 0.05) is 34.1 Å². The van der Waals surface area contributed by atoms with Crippen molar-refractivity contribution in [2.24, 2.45) is 0 Å². The van der Waals surface area contributed by atoms with Crippen LogP contribution >= 0.6 is 0 Å². The van der Waals surface area contributed by atoms with Crippen molar-refractivity contribution >= 4 is 66.4 Å². The second-order valence-electron chi connectivity index (χ2n) is 19.4. The molecular formula is C67H54N2. The fourth-order valence-corrected chi connectivity index (χ4v) is 11.4. The Bertz CT molecular complexity index is 3730. The van der Waals surface area contributed by atoms with Gasteiger partial charge in [0.05, 0.1) is 5.41 Å². The fraction of sp³-hybridized carbons (Fsp3) is 0.104. The number of hydrogen-bond acceptors (Lipinski definition) is 2. The lowest BCUT2D eigenvalue weighted by molar-refractivity contribution is 0.777. The summed E-state index contributed by atoms with van der Waals surface area (Å²) in [7, 11) is 0. The van der Waals surface area contributed by atoms with E-state index in [1.165, 1.54) is 110 Å². The third-order valence-corrected chi connectivity index (χ3v) is 14.7. The Hall–Kier alpha value is -8.20. The molecule has 0 saturated carbocycles. The first kappa shape index (κ1) is 42.2. The van der Waals surface area contributed by atoms with Crippen molar-refractivity contribution in [3.63, 3.8) is 0 Å². The molecule has 0 aromatic heterocycles. The smallest absolute Gasteiger partial charge is 0.0720 e. The van der Waals surface area contributed by atoms with E-state index in [1.807, 2.05) is 0 Å². The van der Waals surface area contributed by atoms with Crippen LogP contribution in [0.15, 0.2) is 218 Å². The van der Waals surface area contributed by atoms with Gasteiger partial charge in [-0.15, -0.1) is 0 Å². The minimum Gasteiger partial charge on any atom is -0.310 e. The molecule has 0 fully saturated rings. The van der Waals surface area contributed by atoms with E-state index in [-0.39, 0.29) is 0 Å². The minimum absolute atomic E-state index is 0.644. The summed E-state index contributed by atoms with van der Waals surface area (Å²) in [5, 5.41) is 7.42. The predicted molar refractivity (Wildman–Crippen MR) is 294 cm³/mol. The largest absolute Gasteiger partial charge is 0.310 e. The molecule has 0 amide bonds. The quantitative estimate of drug-likeness (QED) is 0.140. The summed E-state index contributed by atoms with van der Waals surface area (Å²) in [6.45, 7) is 13.1. The van der Waals surface area contributed by atoms with Gasteiger partial charge >= 0.3 is 0 Å². The monoisotopic (exact) mass is 886 g/mol. The van der Waals surface area contributed by atoms with E-state index in [0.29, 0.717) is 0 Å². The average Bonchev–Trinajstić information content (AvgIpc) is 3.68. The number of rotatable bonds is 8. The molecule has 332 valence electrons. The topological polar surface area (TPSA) is 6.48 Å². The Kier molecular flexibility index (Phi) is 10.1. The molecule has 0 unspecified atom stereocenters. The Morgan fingerprint density at radius 3 is 1.36 bits per heavy atom. The van der Waals surface area contributed by atoms with Gasteiger partial charge in [0.15, 0.2) is 0 Å². The molecule has 11 aromatic carbocycles. The number of hydrogen-bond donors (Lipinski definition) is 0. The predicted octanol–water partition coefficient (Wildman–Crippen LogP) is 18.3. The zero-order valence-corrected chi connectivity index (χ0v) is 40.2. The van der Waals surface area contributed by atoms with Gasteiger partial charge in [0.25, 0.3) is 0 Å². The highest BCUT2D eigenvalue weighted by Gasteiger charge is 2.48. The lowest BCUT2D eigenvalue weighted by Gasteiger charge is -2.35. The lowest BCUT2D eigenvalue weighted by Crippen LogP contribution is -2.29. The number of nitrogens with zero attached hydrogens (tertiary/aromatic N) is 2. The van der Waals surface area contributed by atoms with Crippen LogP contribution in [0, 0.1) is 41.5 Å². The highest BCUT2D eigenvalue weighted by molar-refractivity contribution is 6.20. The fourth-order valence-electron chi connectivity index (χ4n) is 11.4. The number of anilines is 6. The highest BCUT2D eigenvalue weighted by Crippen LogP contribution is 2.61. The molecule has 0 saturated heterocycles. The maximum atomic E-state index is 2.53. The molecule has 1 aliphatic carbocycles. The van der Waals surface area contributed by atoms with Crippen LogP contribution in [0.4, 0.5) is 34.1 Å². The zero-order chi connectivity index (χ0) is 47.0. The third kappa shape index (κ3) is 6.85. The minimum atomic E-state index is -0.644. The molecule has 0 radical (unpaired) electrons. The van der Waals surface area contributed by atoms with Crippen molar-refractivity contribution in [3.8, 4) is 11.1 Å². The molecule has 1 aliphatic rings. The van der Waals surface area contributed by atoms with Crippen LogP contribution in [0.1, 0.15) is 55.6 Å². The molecule has 0 spiro atoms. The maximum Gasteiger partial charge on any atom is 0.0720 e. The molecule has 2 nitrogen and oxygen atoms in total. The number of aryl methyl sites for hydroxylation is 6. The molecule has 0 heterocycles. The summed E-state index contributed by atoms with van der Waals surface area (Å²) in [6, 6.07) is 82.4. The van der Waals surface area contributed by atoms with E-state index in [0.717, 1.165) is 22.7 Å². The number of fused-ring (bicyclic) bond motifs is 9. The molecule has 11 aromatic rings. The first-order valence-corrected chi connectivity index (χ1v) is 24.2. The van der Waals surface area contributed by atoms with E-state index in [2.05, 4.69) is 270 Å². The summed E-state index contributed by atoms with van der Waals surface area (Å²) in [5.74, 6) is 0. The van der Waals surface area contributed by atoms with Gasteiger partial charge in [-0.25, -0.2) is 0 Å².